The number of rotatable bonds is 9. The Bertz CT molecular complexity index is 416. The second-order valence-corrected chi connectivity index (χ2v) is 5.30. The number of ether oxygens (including phenoxy) is 2. The zero-order chi connectivity index (χ0) is 15.5. The maximum Gasteiger partial charge on any atom is 0.170 e. The van der Waals surface area contributed by atoms with Gasteiger partial charge in [-0.05, 0) is 18.6 Å². The van der Waals surface area contributed by atoms with Crippen molar-refractivity contribution in [1.82, 2.24) is 5.32 Å². The quantitative estimate of drug-likeness (QED) is 0.534. The first kappa shape index (κ1) is 17.6. The average molecular weight is 310 g/mol. The van der Waals surface area contributed by atoms with Gasteiger partial charge in [-0.25, -0.2) is 0 Å². The Morgan fingerprint density at radius 3 is 2.19 bits per heavy atom. The van der Waals surface area contributed by atoms with Crippen molar-refractivity contribution in [3.63, 3.8) is 0 Å². The Balaban J connectivity index is 2.37. The summed E-state index contributed by atoms with van der Waals surface area (Å²) in [6.45, 7) is 3.12. The number of hydrogen-bond acceptors (Lipinski definition) is 3. The van der Waals surface area contributed by atoms with E-state index in [1.165, 1.54) is 25.7 Å². The predicted octanol–water partition coefficient (Wildman–Crippen LogP) is 3.96. The minimum absolute atomic E-state index is 0.626. The normalized spacial score (nSPS) is 10.0. The molecule has 0 unspecified atom stereocenters. The van der Waals surface area contributed by atoms with Crippen molar-refractivity contribution in [3.8, 4) is 11.5 Å². The molecule has 1 rings (SSSR count). The summed E-state index contributed by atoms with van der Waals surface area (Å²) in [6.07, 6.45) is 6.27. The molecule has 2 N–H and O–H groups in total. The molecule has 0 atom stereocenters. The van der Waals surface area contributed by atoms with Crippen molar-refractivity contribution in [2.75, 3.05) is 26.1 Å². The third-order valence-electron chi connectivity index (χ3n) is 3.18. The van der Waals surface area contributed by atoms with Crippen LogP contribution in [0, 0.1) is 0 Å². The Kier molecular flexibility index (Phi) is 8.59. The lowest BCUT2D eigenvalue weighted by molar-refractivity contribution is 0.395. The van der Waals surface area contributed by atoms with Crippen LogP contribution < -0.4 is 20.1 Å². The standard InChI is InChI=1S/C16H26N2O2S/c1-4-5-6-7-8-9-17-16(21)18-13-10-14(19-2)12-15(11-13)20-3/h10-12H,4-9H2,1-3H3,(H2,17,18,21). The Morgan fingerprint density at radius 2 is 1.62 bits per heavy atom. The van der Waals surface area contributed by atoms with E-state index in [1.807, 2.05) is 18.2 Å². The van der Waals surface area contributed by atoms with Gasteiger partial charge in [-0.3, -0.25) is 0 Å². The van der Waals surface area contributed by atoms with Crippen LogP contribution in [0.3, 0.4) is 0 Å². The van der Waals surface area contributed by atoms with Gasteiger partial charge < -0.3 is 20.1 Å². The van der Waals surface area contributed by atoms with Crippen LogP contribution in [-0.2, 0) is 0 Å². The molecule has 0 saturated carbocycles. The number of anilines is 1. The van der Waals surface area contributed by atoms with Crippen molar-refractivity contribution in [2.45, 2.75) is 39.0 Å². The highest BCUT2D eigenvalue weighted by Crippen LogP contribution is 2.25. The lowest BCUT2D eigenvalue weighted by Gasteiger charge is -2.12. The van der Waals surface area contributed by atoms with Gasteiger partial charge in [-0.2, -0.15) is 0 Å². The summed E-state index contributed by atoms with van der Waals surface area (Å²) in [4.78, 5) is 0. The molecule has 0 saturated heterocycles. The molecule has 0 spiro atoms. The Morgan fingerprint density at radius 1 is 1.00 bits per heavy atom. The summed E-state index contributed by atoms with van der Waals surface area (Å²) < 4.78 is 10.5. The molecule has 0 aliphatic carbocycles. The largest absolute Gasteiger partial charge is 0.497 e. The fraction of sp³-hybridized carbons (Fsp3) is 0.562. The van der Waals surface area contributed by atoms with Gasteiger partial charge in [0.1, 0.15) is 11.5 Å². The first-order valence-electron chi connectivity index (χ1n) is 7.47. The highest BCUT2D eigenvalue weighted by molar-refractivity contribution is 7.80. The van der Waals surface area contributed by atoms with Gasteiger partial charge in [0.15, 0.2) is 5.11 Å². The summed E-state index contributed by atoms with van der Waals surface area (Å²) >= 11 is 5.29. The number of unbranched alkanes of at least 4 members (excludes halogenated alkanes) is 4. The molecule has 5 heteroatoms. The zero-order valence-corrected chi connectivity index (χ0v) is 14.0. The lowest BCUT2D eigenvalue weighted by atomic mass is 10.1. The topological polar surface area (TPSA) is 42.5 Å². The van der Waals surface area contributed by atoms with E-state index in [2.05, 4.69) is 17.6 Å². The van der Waals surface area contributed by atoms with Crippen molar-refractivity contribution in [1.29, 1.82) is 0 Å². The van der Waals surface area contributed by atoms with Crippen LogP contribution in [0.2, 0.25) is 0 Å². The SMILES string of the molecule is CCCCCCCNC(=S)Nc1cc(OC)cc(OC)c1. The van der Waals surface area contributed by atoms with Crippen molar-refractivity contribution in [2.24, 2.45) is 0 Å². The van der Waals surface area contributed by atoms with Crippen molar-refractivity contribution < 1.29 is 9.47 Å². The summed E-state index contributed by atoms with van der Waals surface area (Å²) in [5.41, 5.74) is 0.856. The molecular weight excluding hydrogens is 284 g/mol. The van der Waals surface area contributed by atoms with Crippen molar-refractivity contribution in [3.05, 3.63) is 18.2 Å². The molecule has 0 heterocycles. The molecule has 0 fully saturated rings. The summed E-state index contributed by atoms with van der Waals surface area (Å²) in [5, 5.41) is 7.00. The summed E-state index contributed by atoms with van der Waals surface area (Å²) in [5.74, 6) is 1.47. The van der Waals surface area contributed by atoms with Gasteiger partial charge in [0.2, 0.25) is 0 Å². The van der Waals surface area contributed by atoms with E-state index >= 15 is 0 Å². The molecule has 0 aromatic heterocycles. The molecule has 4 nitrogen and oxygen atoms in total. The van der Waals surface area contributed by atoms with Crippen LogP contribution in [0.4, 0.5) is 5.69 Å². The minimum Gasteiger partial charge on any atom is -0.497 e. The highest BCUT2D eigenvalue weighted by atomic mass is 32.1. The lowest BCUT2D eigenvalue weighted by Crippen LogP contribution is -2.29. The molecule has 0 amide bonds. The first-order chi connectivity index (χ1) is 10.2. The maximum absolute atomic E-state index is 5.29. The molecule has 1 aromatic carbocycles. The van der Waals surface area contributed by atoms with Crippen LogP contribution in [0.15, 0.2) is 18.2 Å². The van der Waals surface area contributed by atoms with Crippen molar-refractivity contribution >= 4 is 23.0 Å². The van der Waals surface area contributed by atoms with Crippen LogP contribution in [0.1, 0.15) is 39.0 Å². The Labute approximate surface area is 133 Å². The first-order valence-corrected chi connectivity index (χ1v) is 7.88. The van der Waals surface area contributed by atoms with E-state index in [0.29, 0.717) is 5.11 Å². The van der Waals surface area contributed by atoms with E-state index in [1.54, 1.807) is 14.2 Å². The second kappa shape index (κ2) is 10.3. The molecule has 118 valence electrons. The third kappa shape index (κ3) is 7.18. The molecule has 0 radical (unpaired) electrons. The van der Waals surface area contributed by atoms with Crippen LogP contribution in [-0.4, -0.2) is 25.9 Å². The van der Waals surface area contributed by atoms with Gasteiger partial charge in [0.25, 0.3) is 0 Å². The van der Waals surface area contributed by atoms with Gasteiger partial charge in [-0.15, -0.1) is 0 Å². The van der Waals surface area contributed by atoms with Gasteiger partial charge >= 0.3 is 0 Å². The molecular formula is C16H26N2O2S. The molecule has 21 heavy (non-hydrogen) atoms. The Hall–Kier alpha value is -1.49. The number of benzene rings is 1. The van der Waals surface area contributed by atoms with E-state index in [0.717, 1.165) is 30.2 Å². The van der Waals surface area contributed by atoms with E-state index in [4.69, 9.17) is 21.7 Å². The second-order valence-electron chi connectivity index (χ2n) is 4.90. The summed E-state index contributed by atoms with van der Waals surface area (Å²) in [6, 6.07) is 5.60. The molecule has 1 aromatic rings. The predicted molar refractivity (Wildman–Crippen MR) is 92.5 cm³/mol. The number of thiocarbonyl (C=S) groups is 1. The fourth-order valence-corrected chi connectivity index (χ4v) is 2.21. The van der Waals surface area contributed by atoms with Crippen LogP contribution in [0.5, 0.6) is 11.5 Å². The maximum atomic E-state index is 5.29. The third-order valence-corrected chi connectivity index (χ3v) is 3.42. The zero-order valence-electron chi connectivity index (χ0n) is 13.2. The van der Waals surface area contributed by atoms with E-state index < -0.39 is 0 Å². The molecule has 0 bridgehead atoms. The van der Waals surface area contributed by atoms with Gasteiger partial charge in [-0.1, -0.05) is 32.6 Å². The summed E-state index contributed by atoms with van der Waals surface area (Å²) in [7, 11) is 3.26. The van der Waals surface area contributed by atoms with E-state index in [9.17, 15) is 0 Å². The molecule has 0 aliphatic rings. The van der Waals surface area contributed by atoms with Gasteiger partial charge in [0.05, 0.1) is 14.2 Å². The van der Waals surface area contributed by atoms with Gasteiger partial charge in [0, 0.05) is 30.4 Å². The fourth-order valence-electron chi connectivity index (χ4n) is 1.99. The average Bonchev–Trinajstić information content (AvgIpc) is 2.50. The van der Waals surface area contributed by atoms with Crippen LogP contribution >= 0.6 is 12.2 Å². The number of hydrogen-bond donors (Lipinski definition) is 2. The molecule has 0 aliphatic heterocycles. The van der Waals surface area contributed by atoms with Crippen LogP contribution in [0.25, 0.3) is 0 Å². The highest BCUT2D eigenvalue weighted by Gasteiger charge is 2.03. The van der Waals surface area contributed by atoms with E-state index in [-0.39, 0.29) is 0 Å². The number of methoxy groups -OCH3 is 2. The minimum atomic E-state index is 0.626. The smallest absolute Gasteiger partial charge is 0.170 e. The monoisotopic (exact) mass is 310 g/mol. The number of nitrogens with one attached hydrogen (secondary N) is 2.